The Hall–Kier alpha value is -3.93. The minimum Gasteiger partial charge on any atom is -0.497 e. The van der Waals surface area contributed by atoms with Gasteiger partial charge in [-0.2, -0.15) is 0 Å². The normalized spacial score (nSPS) is 10.6. The van der Waals surface area contributed by atoms with Crippen molar-refractivity contribution in [1.82, 2.24) is 14.8 Å². The van der Waals surface area contributed by atoms with Gasteiger partial charge in [-0.05, 0) is 55.8 Å². The van der Waals surface area contributed by atoms with E-state index >= 15 is 0 Å². The fourth-order valence-corrected chi connectivity index (χ4v) is 3.11. The fourth-order valence-electron chi connectivity index (χ4n) is 3.11. The molecule has 0 radical (unpaired) electrons. The van der Waals surface area contributed by atoms with Gasteiger partial charge in [0.05, 0.1) is 12.8 Å². The molecule has 0 aliphatic carbocycles. The van der Waals surface area contributed by atoms with Crippen LogP contribution in [0.5, 0.6) is 5.75 Å². The van der Waals surface area contributed by atoms with E-state index < -0.39 is 0 Å². The van der Waals surface area contributed by atoms with Crippen LogP contribution >= 0.6 is 0 Å². The lowest BCUT2D eigenvalue weighted by Gasteiger charge is -2.07. The number of hydrogen-bond acceptors (Lipinski definition) is 4. The molecule has 6 nitrogen and oxygen atoms in total. The van der Waals surface area contributed by atoms with E-state index in [9.17, 15) is 4.79 Å². The Kier molecular flexibility index (Phi) is 5.30. The van der Waals surface area contributed by atoms with Crippen LogP contribution in [0.15, 0.2) is 72.8 Å². The number of aromatic nitrogens is 3. The minimum absolute atomic E-state index is 0.0999. The van der Waals surface area contributed by atoms with Crippen LogP contribution in [0.1, 0.15) is 21.7 Å². The number of anilines is 1. The Labute approximate surface area is 175 Å². The highest BCUT2D eigenvalue weighted by Crippen LogP contribution is 2.23. The number of nitrogens with zero attached hydrogens (tertiary/aromatic N) is 3. The number of nitrogens with one attached hydrogen (secondary N) is 1. The molecular weight excluding hydrogens is 376 g/mol. The number of aryl methyl sites for hydroxylation is 2. The van der Waals surface area contributed by atoms with E-state index in [2.05, 4.69) is 15.4 Å². The molecule has 6 heteroatoms. The van der Waals surface area contributed by atoms with Gasteiger partial charge in [-0.25, -0.2) is 9.67 Å². The number of carbonyl (C=O) groups is 1. The van der Waals surface area contributed by atoms with Crippen molar-refractivity contribution >= 4 is 11.6 Å². The molecule has 0 aliphatic rings. The first-order chi connectivity index (χ1) is 14.5. The first kappa shape index (κ1) is 19.4. The summed E-state index contributed by atoms with van der Waals surface area (Å²) in [5.74, 6) is 1.08. The quantitative estimate of drug-likeness (QED) is 0.524. The van der Waals surface area contributed by atoms with E-state index in [0.717, 1.165) is 28.1 Å². The van der Waals surface area contributed by atoms with E-state index in [1.165, 1.54) is 0 Å². The van der Waals surface area contributed by atoms with Gasteiger partial charge in [-0.15, -0.1) is 5.10 Å². The number of methoxy groups -OCH3 is 1. The Bertz CT molecular complexity index is 1180. The Morgan fingerprint density at radius 1 is 0.933 bits per heavy atom. The molecule has 1 N–H and O–H groups in total. The standard InChI is InChI=1S/C24H22N4O2/c1-16-7-9-18(10-8-16)23-26-22(24(29)25-19-6-4-5-17(2)15-19)27-28(23)20-11-13-21(30-3)14-12-20/h4-15H,1-3H3,(H,25,29). The second-order valence-electron chi connectivity index (χ2n) is 7.06. The summed E-state index contributed by atoms with van der Waals surface area (Å²) < 4.78 is 6.92. The van der Waals surface area contributed by atoms with Crippen molar-refractivity contribution in [2.75, 3.05) is 12.4 Å². The van der Waals surface area contributed by atoms with E-state index in [4.69, 9.17) is 4.74 Å². The van der Waals surface area contributed by atoms with Gasteiger partial charge in [0.25, 0.3) is 5.91 Å². The molecule has 0 bridgehead atoms. The van der Waals surface area contributed by atoms with Crippen molar-refractivity contribution in [2.24, 2.45) is 0 Å². The van der Waals surface area contributed by atoms with E-state index in [0.29, 0.717) is 11.5 Å². The summed E-state index contributed by atoms with van der Waals surface area (Å²) in [5.41, 5.74) is 4.57. The molecule has 150 valence electrons. The smallest absolute Gasteiger partial charge is 0.295 e. The zero-order valence-corrected chi connectivity index (χ0v) is 17.1. The van der Waals surface area contributed by atoms with Gasteiger partial charge in [-0.1, -0.05) is 42.0 Å². The second-order valence-corrected chi connectivity index (χ2v) is 7.06. The van der Waals surface area contributed by atoms with Gasteiger partial charge in [-0.3, -0.25) is 4.79 Å². The van der Waals surface area contributed by atoms with Gasteiger partial charge in [0, 0.05) is 11.3 Å². The molecule has 3 aromatic carbocycles. The summed E-state index contributed by atoms with van der Waals surface area (Å²) in [5, 5.41) is 7.38. The van der Waals surface area contributed by atoms with Gasteiger partial charge in [0.2, 0.25) is 5.82 Å². The van der Waals surface area contributed by atoms with Crippen molar-refractivity contribution in [2.45, 2.75) is 13.8 Å². The first-order valence-electron chi connectivity index (χ1n) is 9.60. The SMILES string of the molecule is COc1ccc(-n2nc(C(=O)Nc3cccc(C)c3)nc2-c2ccc(C)cc2)cc1. The largest absolute Gasteiger partial charge is 0.497 e. The molecule has 0 saturated heterocycles. The van der Waals surface area contributed by atoms with Gasteiger partial charge in [0.1, 0.15) is 5.75 Å². The Morgan fingerprint density at radius 2 is 1.67 bits per heavy atom. The molecular formula is C24H22N4O2. The van der Waals surface area contributed by atoms with Crippen LogP contribution < -0.4 is 10.1 Å². The molecule has 4 rings (SSSR count). The van der Waals surface area contributed by atoms with E-state index in [1.54, 1.807) is 11.8 Å². The number of rotatable bonds is 5. The molecule has 0 aliphatic heterocycles. The van der Waals surface area contributed by atoms with Crippen LogP contribution in [-0.2, 0) is 0 Å². The number of amides is 1. The molecule has 0 atom stereocenters. The number of benzene rings is 3. The van der Waals surface area contributed by atoms with Crippen LogP contribution in [0.25, 0.3) is 17.1 Å². The fraction of sp³-hybridized carbons (Fsp3) is 0.125. The molecule has 0 unspecified atom stereocenters. The third-order valence-electron chi connectivity index (χ3n) is 4.71. The monoisotopic (exact) mass is 398 g/mol. The number of ether oxygens (including phenoxy) is 1. The third kappa shape index (κ3) is 4.07. The maximum atomic E-state index is 12.8. The van der Waals surface area contributed by atoms with Crippen molar-refractivity contribution in [3.05, 3.63) is 89.7 Å². The van der Waals surface area contributed by atoms with Crippen LogP contribution in [0.4, 0.5) is 5.69 Å². The minimum atomic E-state index is -0.360. The Balaban J connectivity index is 1.74. The van der Waals surface area contributed by atoms with Gasteiger partial charge in [0.15, 0.2) is 5.82 Å². The lowest BCUT2D eigenvalue weighted by molar-refractivity contribution is 0.101. The molecule has 1 amide bonds. The van der Waals surface area contributed by atoms with Crippen LogP contribution in [0, 0.1) is 13.8 Å². The third-order valence-corrected chi connectivity index (χ3v) is 4.71. The van der Waals surface area contributed by atoms with Crippen LogP contribution in [0.2, 0.25) is 0 Å². The highest BCUT2D eigenvalue weighted by atomic mass is 16.5. The zero-order valence-electron chi connectivity index (χ0n) is 17.1. The van der Waals surface area contributed by atoms with E-state index in [-0.39, 0.29) is 11.7 Å². The molecule has 0 spiro atoms. The van der Waals surface area contributed by atoms with E-state index in [1.807, 2.05) is 86.6 Å². The summed E-state index contributed by atoms with van der Waals surface area (Å²) >= 11 is 0. The number of carbonyl (C=O) groups excluding carboxylic acids is 1. The van der Waals surface area contributed by atoms with Gasteiger partial charge < -0.3 is 10.1 Å². The molecule has 4 aromatic rings. The lowest BCUT2D eigenvalue weighted by Crippen LogP contribution is -2.14. The number of hydrogen-bond donors (Lipinski definition) is 1. The van der Waals surface area contributed by atoms with Gasteiger partial charge >= 0.3 is 0 Å². The molecule has 30 heavy (non-hydrogen) atoms. The maximum Gasteiger partial charge on any atom is 0.295 e. The summed E-state index contributed by atoms with van der Waals surface area (Å²) in [6.07, 6.45) is 0. The predicted molar refractivity (Wildman–Crippen MR) is 117 cm³/mol. The van der Waals surface area contributed by atoms with Crippen molar-refractivity contribution in [1.29, 1.82) is 0 Å². The van der Waals surface area contributed by atoms with Crippen LogP contribution in [0.3, 0.4) is 0 Å². The summed E-state index contributed by atoms with van der Waals surface area (Å²) in [6, 6.07) is 23.0. The summed E-state index contributed by atoms with van der Waals surface area (Å²) in [4.78, 5) is 17.4. The highest BCUT2D eigenvalue weighted by Gasteiger charge is 2.19. The summed E-state index contributed by atoms with van der Waals surface area (Å²) in [7, 11) is 1.62. The topological polar surface area (TPSA) is 69.0 Å². The maximum absolute atomic E-state index is 12.8. The van der Waals surface area contributed by atoms with Crippen molar-refractivity contribution < 1.29 is 9.53 Å². The second kappa shape index (κ2) is 8.21. The highest BCUT2D eigenvalue weighted by molar-refractivity contribution is 6.01. The van der Waals surface area contributed by atoms with Crippen molar-refractivity contribution in [3.8, 4) is 22.8 Å². The average Bonchev–Trinajstić information content (AvgIpc) is 3.20. The predicted octanol–water partition coefficient (Wildman–Crippen LogP) is 4.81. The molecule has 1 aromatic heterocycles. The molecule has 1 heterocycles. The first-order valence-corrected chi connectivity index (χ1v) is 9.60. The molecule has 0 fully saturated rings. The van der Waals surface area contributed by atoms with Crippen molar-refractivity contribution in [3.63, 3.8) is 0 Å². The zero-order chi connectivity index (χ0) is 21.1. The summed E-state index contributed by atoms with van der Waals surface area (Å²) in [6.45, 7) is 4.00. The molecule has 0 saturated carbocycles. The average molecular weight is 398 g/mol. The van der Waals surface area contributed by atoms with Crippen LogP contribution in [-0.4, -0.2) is 27.8 Å². The lowest BCUT2D eigenvalue weighted by atomic mass is 10.1. The Morgan fingerprint density at radius 3 is 2.33 bits per heavy atom.